The van der Waals surface area contributed by atoms with Crippen LogP contribution in [0.4, 0.5) is 0 Å². The molecule has 26 heavy (non-hydrogen) atoms. The summed E-state index contributed by atoms with van der Waals surface area (Å²) in [5.41, 5.74) is 1.39. The molecule has 1 saturated heterocycles. The molecule has 2 fully saturated rings. The van der Waals surface area contributed by atoms with Gasteiger partial charge in [-0.3, -0.25) is 4.79 Å². The summed E-state index contributed by atoms with van der Waals surface area (Å²) in [6.07, 6.45) is 4.12. The average Bonchev–Trinajstić information content (AvgIpc) is 3.33. The van der Waals surface area contributed by atoms with Crippen LogP contribution in [0.2, 0.25) is 0 Å². The van der Waals surface area contributed by atoms with E-state index in [1.807, 2.05) is 18.5 Å². The van der Waals surface area contributed by atoms with Crippen LogP contribution in [0.5, 0.6) is 0 Å². The molecule has 2 heterocycles. The van der Waals surface area contributed by atoms with Gasteiger partial charge in [0.2, 0.25) is 5.91 Å². The molecule has 1 aliphatic heterocycles. The number of amides is 1. The number of piperidine rings is 1. The maximum Gasteiger partial charge on any atom is 0.222 e. The van der Waals surface area contributed by atoms with Gasteiger partial charge in [-0.1, -0.05) is 30.3 Å². The molecule has 0 N–H and O–H groups in total. The summed E-state index contributed by atoms with van der Waals surface area (Å²) in [5.74, 6) is 3.73. The van der Waals surface area contributed by atoms with Crippen molar-refractivity contribution in [2.45, 2.75) is 52.0 Å². The predicted molar refractivity (Wildman–Crippen MR) is 101 cm³/mol. The van der Waals surface area contributed by atoms with E-state index in [1.54, 1.807) is 0 Å². The molecular formula is C21H28N4O. The first kappa shape index (κ1) is 17.3. The number of aryl methyl sites for hydroxylation is 2. The van der Waals surface area contributed by atoms with E-state index in [9.17, 15) is 4.79 Å². The monoisotopic (exact) mass is 352 g/mol. The summed E-state index contributed by atoms with van der Waals surface area (Å²) >= 11 is 0. The minimum atomic E-state index is 0.338. The molecule has 1 unspecified atom stereocenters. The minimum absolute atomic E-state index is 0.338. The Morgan fingerprint density at radius 3 is 2.77 bits per heavy atom. The number of nitrogens with zero attached hydrogens (tertiary/aromatic N) is 4. The third-order valence-corrected chi connectivity index (χ3v) is 5.85. The van der Waals surface area contributed by atoms with Gasteiger partial charge in [-0.05, 0) is 56.4 Å². The van der Waals surface area contributed by atoms with E-state index in [2.05, 4.69) is 45.3 Å². The molecule has 0 radical (unpaired) electrons. The third-order valence-electron chi connectivity index (χ3n) is 5.85. The van der Waals surface area contributed by atoms with E-state index in [4.69, 9.17) is 0 Å². The number of hydrogen-bond donors (Lipinski definition) is 0. The van der Waals surface area contributed by atoms with E-state index in [-0.39, 0.29) is 0 Å². The number of carbonyl (C=O) groups excluding carboxylic acids is 1. The fourth-order valence-electron chi connectivity index (χ4n) is 4.35. The largest absolute Gasteiger partial charge is 0.342 e. The van der Waals surface area contributed by atoms with Gasteiger partial charge in [-0.2, -0.15) is 5.10 Å². The van der Waals surface area contributed by atoms with Crippen molar-refractivity contribution in [2.24, 2.45) is 11.8 Å². The Morgan fingerprint density at radius 1 is 1.23 bits per heavy atom. The van der Waals surface area contributed by atoms with Crippen molar-refractivity contribution >= 4 is 5.91 Å². The highest BCUT2D eigenvalue weighted by molar-refractivity contribution is 5.77. The molecule has 2 aliphatic rings. The molecule has 5 nitrogen and oxygen atoms in total. The Morgan fingerprint density at radius 2 is 2.04 bits per heavy atom. The Balaban J connectivity index is 1.30. The number of aromatic nitrogens is 3. The van der Waals surface area contributed by atoms with Crippen molar-refractivity contribution in [1.29, 1.82) is 0 Å². The first-order valence-electron chi connectivity index (χ1n) is 9.81. The van der Waals surface area contributed by atoms with Crippen LogP contribution in [0.15, 0.2) is 30.3 Å². The lowest BCUT2D eigenvalue weighted by Crippen LogP contribution is -2.41. The number of benzene rings is 1. The summed E-state index contributed by atoms with van der Waals surface area (Å²) < 4.78 is 2.00. The molecule has 0 spiro atoms. The summed E-state index contributed by atoms with van der Waals surface area (Å²) in [7, 11) is 0. The zero-order valence-corrected chi connectivity index (χ0v) is 15.8. The highest BCUT2D eigenvalue weighted by atomic mass is 16.2. The lowest BCUT2D eigenvalue weighted by atomic mass is 9.97. The van der Waals surface area contributed by atoms with Crippen LogP contribution in [-0.4, -0.2) is 38.7 Å². The lowest BCUT2D eigenvalue weighted by Gasteiger charge is -2.33. The minimum Gasteiger partial charge on any atom is -0.342 e. The van der Waals surface area contributed by atoms with Gasteiger partial charge in [0, 0.05) is 26.1 Å². The number of likely N-dealkylation sites (tertiary alicyclic amines) is 1. The third kappa shape index (κ3) is 3.81. The average molecular weight is 352 g/mol. The Labute approximate surface area is 155 Å². The van der Waals surface area contributed by atoms with Crippen LogP contribution in [0.3, 0.4) is 0 Å². The molecule has 1 aromatic carbocycles. The second kappa shape index (κ2) is 7.22. The predicted octanol–water partition coefficient (Wildman–Crippen LogP) is 3.33. The van der Waals surface area contributed by atoms with Crippen LogP contribution < -0.4 is 0 Å². The van der Waals surface area contributed by atoms with E-state index in [1.165, 1.54) is 5.56 Å². The second-order valence-corrected chi connectivity index (χ2v) is 7.95. The molecule has 1 aliphatic carbocycles. The zero-order valence-electron chi connectivity index (χ0n) is 15.8. The second-order valence-electron chi connectivity index (χ2n) is 7.95. The molecule has 2 aromatic rings. The summed E-state index contributed by atoms with van der Waals surface area (Å²) in [4.78, 5) is 19.3. The fourth-order valence-corrected chi connectivity index (χ4v) is 4.35. The zero-order chi connectivity index (χ0) is 18.1. The topological polar surface area (TPSA) is 51.0 Å². The van der Waals surface area contributed by atoms with Crippen LogP contribution >= 0.6 is 0 Å². The molecule has 5 heteroatoms. The SMILES string of the molecule is Cc1nc(C)n(CC2CCCN(C(=O)C[C@@H]3C[C@H]3c3ccccc3)C2)n1. The molecular weight excluding hydrogens is 324 g/mol. The molecule has 1 saturated carbocycles. The highest BCUT2D eigenvalue weighted by Gasteiger charge is 2.40. The van der Waals surface area contributed by atoms with Crippen molar-refractivity contribution in [3.63, 3.8) is 0 Å². The first-order valence-corrected chi connectivity index (χ1v) is 9.81. The summed E-state index contributed by atoms with van der Waals surface area (Å²) in [6, 6.07) is 10.6. The Bertz CT molecular complexity index is 770. The van der Waals surface area contributed by atoms with Crippen LogP contribution in [-0.2, 0) is 11.3 Å². The van der Waals surface area contributed by atoms with Crippen molar-refractivity contribution in [3.05, 3.63) is 47.5 Å². The Hall–Kier alpha value is -2.17. The quantitative estimate of drug-likeness (QED) is 0.829. The van der Waals surface area contributed by atoms with Gasteiger partial charge in [-0.25, -0.2) is 9.67 Å². The summed E-state index contributed by atoms with van der Waals surface area (Å²) in [6.45, 7) is 6.57. The van der Waals surface area contributed by atoms with Gasteiger partial charge < -0.3 is 4.90 Å². The maximum atomic E-state index is 12.8. The normalized spacial score (nSPS) is 25.3. The van der Waals surface area contributed by atoms with Gasteiger partial charge in [0.05, 0.1) is 0 Å². The van der Waals surface area contributed by atoms with Crippen molar-refractivity contribution in [1.82, 2.24) is 19.7 Å². The maximum absolute atomic E-state index is 12.8. The van der Waals surface area contributed by atoms with Crippen molar-refractivity contribution < 1.29 is 4.79 Å². The number of carbonyl (C=O) groups is 1. The number of hydrogen-bond acceptors (Lipinski definition) is 3. The molecule has 4 rings (SSSR count). The standard InChI is InChI=1S/C21H28N4O/c1-15-22-16(2)25(23-15)14-17-7-6-10-24(13-17)21(26)12-19-11-20(19)18-8-4-3-5-9-18/h3-5,8-9,17,19-20H,6-7,10-14H2,1-2H3/t17?,19-,20-/m0/s1. The molecule has 138 valence electrons. The van der Waals surface area contributed by atoms with Gasteiger partial charge in [-0.15, -0.1) is 0 Å². The molecule has 1 amide bonds. The van der Waals surface area contributed by atoms with Crippen LogP contribution in [0, 0.1) is 25.7 Å². The first-order chi connectivity index (χ1) is 12.6. The molecule has 0 bridgehead atoms. The van der Waals surface area contributed by atoms with E-state index in [0.717, 1.165) is 50.5 Å². The van der Waals surface area contributed by atoms with E-state index >= 15 is 0 Å². The van der Waals surface area contributed by atoms with E-state index < -0.39 is 0 Å². The van der Waals surface area contributed by atoms with Gasteiger partial charge >= 0.3 is 0 Å². The fraction of sp³-hybridized carbons (Fsp3) is 0.571. The van der Waals surface area contributed by atoms with Gasteiger partial charge in [0.25, 0.3) is 0 Å². The summed E-state index contributed by atoms with van der Waals surface area (Å²) in [5, 5.41) is 4.48. The van der Waals surface area contributed by atoms with Crippen LogP contribution in [0.25, 0.3) is 0 Å². The van der Waals surface area contributed by atoms with E-state index in [0.29, 0.717) is 30.1 Å². The lowest BCUT2D eigenvalue weighted by molar-refractivity contribution is -0.133. The highest BCUT2D eigenvalue weighted by Crippen LogP contribution is 2.49. The van der Waals surface area contributed by atoms with Crippen molar-refractivity contribution in [2.75, 3.05) is 13.1 Å². The van der Waals surface area contributed by atoms with Gasteiger partial charge in [0.15, 0.2) is 0 Å². The Kier molecular flexibility index (Phi) is 4.79. The molecule has 1 aromatic heterocycles. The smallest absolute Gasteiger partial charge is 0.222 e. The number of rotatable bonds is 5. The van der Waals surface area contributed by atoms with Gasteiger partial charge in [0.1, 0.15) is 11.6 Å². The molecule has 3 atom stereocenters. The van der Waals surface area contributed by atoms with Crippen LogP contribution in [0.1, 0.15) is 48.8 Å². The van der Waals surface area contributed by atoms with Crippen molar-refractivity contribution in [3.8, 4) is 0 Å².